The summed E-state index contributed by atoms with van der Waals surface area (Å²) in [6.45, 7) is 0.445. The summed E-state index contributed by atoms with van der Waals surface area (Å²) >= 11 is 3.30. The molecule has 0 unspecified atom stereocenters. The summed E-state index contributed by atoms with van der Waals surface area (Å²) < 4.78 is 12.9. The highest BCUT2D eigenvalue weighted by atomic mass is 79.9. The Hall–Kier alpha value is -1.50. The fourth-order valence-electron chi connectivity index (χ4n) is 1.54. The fourth-order valence-corrected chi connectivity index (χ4v) is 1.94. The molecule has 7 heteroatoms. The number of unbranched alkanes of at least 4 members (excludes halogenated alkanes) is 2. The summed E-state index contributed by atoms with van der Waals surface area (Å²) in [6.07, 6.45) is 2.76. The number of carbonyl (C=O) groups is 1. The molecule has 1 rings (SSSR count). The lowest BCUT2D eigenvalue weighted by atomic mass is 10.1. The van der Waals surface area contributed by atoms with E-state index in [0.29, 0.717) is 6.54 Å². The minimum Gasteiger partial charge on any atom is -0.352 e. The van der Waals surface area contributed by atoms with Crippen LogP contribution in [0, 0.1) is 15.9 Å². The summed E-state index contributed by atoms with van der Waals surface area (Å²) in [6, 6.07) is 2.91. The Bertz CT molecular complexity index is 468. The summed E-state index contributed by atoms with van der Waals surface area (Å²) in [4.78, 5) is 21.8. The van der Waals surface area contributed by atoms with Crippen molar-refractivity contribution in [3.63, 3.8) is 0 Å². The van der Waals surface area contributed by atoms with Gasteiger partial charge >= 0.3 is 0 Å². The minimum atomic E-state index is -0.761. The number of hydrogen-bond donors (Lipinski definition) is 1. The van der Waals surface area contributed by atoms with Gasteiger partial charge in [-0.3, -0.25) is 14.9 Å². The second kappa shape index (κ2) is 7.83. The van der Waals surface area contributed by atoms with Gasteiger partial charge in [0.1, 0.15) is 11.4 Å². The number of hydrogen-bond acceptors (Lipinski definition) is 3. The van der Waals surface area contributed by atoms with E-state index in [9.17, 15) is 19.3 Å². The number of nitro benzene ring substituents is 1. The molecule has 0 bridgehead atoms. The molecule has 0 aliphatic heterocycles. The fraction of sp³-hybridized carbons (Fsp3) is 0.417. The Morgan fingerprint density at radius 2 is 2.11 bits per heavy atom. The molecule has 5 nitrogen and oxygen atoms in total. The number of nitro groups is 1. The highest BCUT2D eigenvalue weighted by Crippen LogP contribution is 2.19. The first-order valence-electron chi connectivity index (χ1n) is 5.84. The van der Waals surface area contributed by atoms with Crippen molar-refractivity contribution in [2.24, 2.45) is 0 Å². The molecule has 0 radical (unpaired) electrons. The summed E-state index contributed by atoms with van der Waals surface area (Å²) in [5.41, 5.74) is -0.634. The van der Waals surface area contributed by atoms with Gasteiger partial charge in [-0.2, -0.15) is 0 Å². The Labute approximate surface area is 118 Å². The smallest absolute Gasteiger partial charge is 0.285 e. The van der Waals surface area contributed by atoms with Gasteiger partial charge in [-0.1, -0.05) is 22.4 Å². The average molecular weight is 333 g/mol. The lowest BCUT2D eigenvalue weighted by Crippen LogP contribution is -2.25. The van der Waals surface area contributed by atoms with Crippen LogP contribution in [0.15, 0.2) is 18.2 Å². The predicted octanol–water partition coefficient (Wildman–Crippen LogP) is 3.03. The van der Waals surface area contributed by atoms with Gasteiger partial charge in [0.05, 0.1) is 11.0 Å². The van der Waals surface area contributed by atoms with E-state index in [2.05, 4.69) is 21.2 Å². The SMILES string of the molecule is O=C(NCCCCCBr)c1ccc(F)cc1[N+](=O)[O-]. The predicted molar refractivity (Wildman–Crippen MR) is 73.0 cm³/mol. The number of nitrogens with one attached hydrogen (secondary N) is 1. The van der Waals surface area contributed by atoms with Crippen LogP contribution < -0.4 is 5.32 Å². The van der Waals surface area contributed by atoms with Crippen molar-refractivity contribution in [2.45, 2.75) is 19.3 Å². The maximum absolute atomic E-state index is 12.9. The summed E-state index contributed by atoms with van der Waals surface area (Å²) in [7, 11) is 0. The highest BCUT2D eigenvalue weighted by molar-refractivity contribution is 9.09. The molecule has 0 heterocycles. The van der Waals surface area contributed by atoms with Crippen LogP contribution in [0.25, 0.3) is 0 Å². The van der Waals surface area contributed by atoms with Gasteiger partial charge < -0.3 is 5.32 Å². The van der Waals surface area contributed by atoms with E-state index in [1.807, 2.05) is 0 Å². The third-order valence-corrected chi connectivity index (χ3v) is 3.06. The molecule has 0 aliphatic rings. The molecule has 0 aliphatic carbocycles. The van der Waals surface area contributed by atoms with Crippen molar-refractivity contribution < 1.29 is 14.1 Å². The number of halogens is 2. The first-order chi connectivity index (χ1) is 9.06. The maximum atomic E-state index is 12.9. The highest BCUT2D eigenvalue weighted by Gasteiger charge is 2.20. The van der Waals surface area contributed by atoms with Crippen LogP contribution in [0.5, 0.6) is 0 Å². The molecule has 0 aromatic heterocycles. The molecule has 0 saturated heterocycles. The maximum Gasteiger partial charge on any atom is 0.285 e. The van der Waals surface area contributed by atoms with Gasteiger partial charge in [-0.15, -0.1) is 0 Å². The molecule has 1 aromatic carbocycles. The number of amides is 1. The molecular weight excluding hydrogens is 319 g/mol. The van der Waals surface area contributed by atoms with Crippen LogP contribution >= 0.6 is 15.9 Å². The van der Waals surface area contributed by atoms with Crippen LogP contribution in [0.4, 0.5) is 10.1 Å². The van der Waals surface area contributed by atoms with Crippen molar-refractivity contribution in [3.05, 3.63) is 39.7 Å². The van der Waals surface area contributed by atoms with Crippen LogP contribution in [0.3, 0.4) is 0 Å². The average Bonchev–Trinajstić information content (AvgIpc) is 2.38. The monoisotopic (exact) mass is 332 g/mol. The Morgan fingerprint density at radius 3 is 2.74 bits per heavy atom. The van der Waals surface area contributed by atoms with E-state index >= 15 is 0 Å². The van der Waals surface area contributed by atoms with Gasteiger partial charge in [0, 0.05) is 11.9 Å². The van der Waals surface area contributed by atoms with Crippen molar-refractivity contribution in [1.29, 1.82) is 0 Å². The van der Waals surface area contributed by atoms with E-state index in [-0.39, 0.29) is 5.56 Å². The molecule has 0 fully saturated rings. The normalized spacial score (nSPS) is 10.2. The Morgan fingerprint density at radius 1 is 1.37 bits per heavy atom. The van der Waals surface area contributed by atoms with Crippen molar-refractivity contribution in [2.75, 3.05) is 11.9 Å². The van der Waals surface area contributed by atoms with E-state index in [0.717, 1.165) is 42.8 Å². The zero-order chi connectivity index (χ0) is 14.3. The number of carbonyl (C=O) groups excluding carboxylic acids is 1. The van der Waals surface area contributed by atoms with Gasteiger partial charge in [0.15, 0.2) is 0 Å². The molecule has 0 spiro atoms. The molecule has 19 heavy (non-hydrogen) atoms. The van der Waals surface area contributed by atoms with Crippen molar-refractivity contribution >= 4 is 27.5 Å². The van der Waals surface area contributed by atoms with Gasteiger partial charge in [0.25, 0.3) is 11.6 Å². The topological polar surface area (TPSA) is 72.2 Å². The van der Waals surface area contributed by atoms with E-state index in [4.69, 9.17) is 0 Å². The van der Waals surface area contributed by atoms with Gasteiger partial charge in [0.2, 0.25) is 0 Å². The van der Waals surface area contributed by atoms with E-state index < -0.39 is 22.3 Å². The minimum absolute atomic E-state index is 0.119. The van der Waals surface area contributed by atoms with Crippen LogP contribution in [0.1, 0.15) is 29.6 Å². The second-order valence-corrected chi connectivity index (χ2v) is 4.72. The molecule has 1 N–H and O–H groups in total. The Kier molecular flexibility index (Phi) is 6.41. The molecule has 0 saturated carbocycles. The molecule has 1 amide bonds. The second-order valence-electron chi connectivity index (χ2n) is 3.92. The largest absolute Gasteiger partial charge is 0.352 e. The zero-order valence-electron chi connectivity index (χ0n) is 10.2. The number of alkyl halides is 1. The van der Waals surface area contributed by atoms with Crippen molar-refractivity contribution in [1.82, 2.24) is 5.32 Å². The van der Waals surface area contributed by atoms with Crippen molar-refractivity contribution in [3.8, 4) is 0 Å². The molecule has 0 atom stereocenters. The van der Waals surface area contributed by atoms with Gasteiger partial charge in [-0.05, 0) is 25.0 Å². The number of benzene rings is 1. The summed E-state index contributed by atoms with van der Waals surface area (Å²) in [5, 5.41) is 14.2. The lowest BCUT2D eigenvalue weighted by Gasteiger charge is -2.05. The van der Waals surface area contributed by atoms with Crippen LogP contribution in [0.2, 0.25) is 0 Å². The lowest BCUT2D eigenvalue weighted by molar-refractivity contribution is -0.385. The van der Waals surface area contributed by atoms with E-state index in [1.165, 1.54) is 0 Å². The summed E-state index contributed by atoms with van der Waals surface area (Å²) in [5.74, 6) is -1.29. The van der Waals surface area contributed by atoms with E-state index in [1.54, 1.807) is 0 Å². The molecule has 1 aromatic rings. The zero-order valence-corrected chi connectivity index (χ0v) is 11.8. The number of nitrogens with zero attached hydrogens (tertiary/aromatic N) is 1. The quantitative estimate of drug-likeness (QED) is 0.361. The first-order valence-corrected chi connectivity index (χ1v) is 6.96. The van der Waals surface area contributed by atoms with Crippen LogP contribution in [-0.2, 0) is 0 Å². The first kappa shape index (κ1) is 15.6. The van der Waals surface area contributed by atoms with Crippen LogP contribution in [-0.4, -0.2) is 22.7 Å². The standard InChI is InChI=1S/C12H14BrFN2O3/c13-6-2-1-3-7-15-12(17)10-5-4-9(14)8-11(10)16(18)19/h4-5,8H,1-3,6-7H2,(H,15,17). The van der Waals surface area contributed by atoms with Gasteiger partial charge in [-0.25, -0.2) is 4.39 Å². The molecule has 104 valence electrons. The molecular formula is C12H14BrFN2O3. The Balaban J connectivity index is 2.64. The third-order valence-electron chi connectivity index (χ3n) is 2.50. The third kappa shape index (κ3) is 4.94. The number of rotatable bonds is 7.